The van der Waals surface area contributed by atoms with Gasteiger partial charge in [-0.25, -0.2) is 0 Å². The van der Waals surface area contributed by atoms with Crippen molar-refractivity contribution in [1.29, 1.82) is 0 Å². The number of carbonyl (C=O) groups excluding carboxylic acids is 1. The van der Waals surface area contributed by atoms with Gasteiger partial charge in [-0.15, -0.1) is 0 Å². The van der Waals surface area contributed by atoms with Crippen LogP contribution in [0.5, 0.6) is 0 Å². The minimum absolute atomic E-state index is 0.0833. The highest BCUT2D eigenvalue weighted by Gasteiger charge is 2.16. The topological polar surface area (TPSA) is 64.2 Å². The summed E-state index contributed by atoms with van der Waals surface area (Å²) in [5.74, 6) is 0.527. The number of hydrogen-bond donors (Lipinski definition) is 1. The van der Waals surface area contributed by atoms with E-state index in [1.54, 1.807) is 16.9 Å². The number of rotatable bonds is 5. The Balaban J connectivity index is 2.61. The van der Waals surface area contributed by atoms with Crippen LogP contribution in [0, 0.1) is 0 Å². The summed E-state index contributed by atoms with van der Waals surface area (Å²) in [6.45, 7) is 7.15. The molecule has 2 N–H and O–H groups in total. The Morgan fingerprint density at radius 2 is 2.31 bits per heavy atom. The predicted octanol–water partition coefficient (Wildman–Crippen LogP) is 1.11. The summed E-state index contributed by atoms with van der Waals surface area (Å²) >= 11 is 0. The van der Waals surface area contributed by atoms with Gasteiger partial charge in [0, 0.05) is 18.8 Å². The van der Waals surface area contributed by atoms with Crippen molar-refractivity contribution < 1.29 is 4.79 Å². The van der Waals surface area contributed by atoms with Gasteiger partial charge in [0.1, 0.15) is 12.4 Å². The second-order valence-electron chi connectivity index (χ2n) is 4.12. The van der Waals surface area contributed by atoms with Crippen molar-refractivity contribution >= 4 is 11.7 Å². The predicted molar refractivity (Wildman–Crippen MR) is 63.8 cm³/mol. The van der Waals surface area contributed by atoms with Gasteiger partial charge in [0.25, 0.3) is 0 Å². The van der Waals surface area contributed by atoms with Gasteiger partial charge in [-0.2, -0.15) is 5.10 Å². The van der Waals surface area contributed by atoms with Crippen molar-refractivity contribution in [3.8, 4) is 0 Å². The van der Waals surface area contributed by atoms with Crippen LogP contribution in [0.25, 0.3) is 0 Å². The molecule has 0 aliphatic carbocycles. The van der Waals surface area contributed by atoms with Crippen LogP contribution in [0.2, 0.25) is 0 Å². The van der Waals surface area contributed by atoms with E-state index in [0.29, 0.717) is 5.82 Å². The molecular weight excluding hydrogens is 204 g/mol. The molecule has 0 saturated heterocycles. The fraction of sp³-hybridized carbons (Fsp3) is 0.636. The summed E-state index contributed by atoms with van der Waals surface area (Å²) in [6, 6.07) is 1.91. The molecule has 0 aliphatic rings. The van der Waals surface area contributed by atoms with Gasteiger partial charge in [-0.3, -0.25) is 9.48 Å². The van der Waals surface area contributed by atoms with Crippen LogP contribution in [0.1, 0.15) is 27.2 Å². The van der Waals surface area contributed by atoms with Crippen molar-refractivity contribution in [2.75, 3.05) is 12.3 Å². The highest BCUT2D eigenvalue weighted by Crippen LogP contribution is 2.03. The molecule has 5 heteroatoms. The Bertz CT molecular complexity index is 346. The van der Waals surface area contributed by atoms with Crippen molar-refractivity contribution in [2.45, 2.75) is 39.8 Å². The van der Waals surface area contributed by atoms with E-state index in [1.165, 1.54) is 0 Å². The second kappa shape index (κ2) is 5.53. The zero-order chi connectivity index (χ0) is 12.1. The number of amides is 1. The van der Waals surface area contributed by atoms with E-state index in [9.17, 15) is 4.79 Å². The number of nitrogen functional groups attached to an aromatic ring is 1. The van der Waals surface area contributed by atoms with E-state index in [-0.39, 0.29) is 18.5 Å². The Morgan fingerprint density at radius 1 is 1.62 bits per heavy atom. The van der Waals surface area contributed by atoms with Crippen molar-refractivity contribution in [3.05, 3.63) is 12.3 Å². The maximum atomic E-state index is 12.0. The van der Waals surface area contributed by atoms with Gasteiger partial charge in [-0.1, -0.05) is 6.92 Å². The Kier molecular flexibility index (Phi) is 4.34. The molecule has 1 aromatic heterocycles. The number of carbonyl (C=O) groups is 1. The summed E-state index contributed by atoms with van der Waals surface area (Å²) in [7, 11) is 0. The molecule has 0 fully saturated rings. The lowest BCUT2D eigenvalue weighted by atomic mass is 10.3. The zero-order valence-electron chi connectivity index (χ0n) is 10.2. The van der Waals surface area contributed by atoms with Crippen LogP contribution >= 0.6 is 0 Å². The van der Waals surface area contributed by atoms with Crippen LogP contribution in [0.4, 0.5) is 5.82 Å². The number of nitrogens with two attached hydrogens (primary N) is 1. The van der Waals surface area contributed by atoms with E-state index in [4.69, 9.17) is 5.73 Å². The molecule has 1 aromatic rings. The quantitative estimate of drug-likeness (QED) is 0.815. The zero-order valence-corrected chi connectivity index (χ0v) is 10.2. The van der Waals surface area contributed by atoms with E-state index in [1.807, 2.05) is 18.7 Å². The van der Waals surface area contributed by atoms with Gasteiger partial charge < -0.3 is 10.6 Å². The first-order chi connectivity index (χ1) is 7.54. The molecule has 0 saturated carbocycles. The van der Waals surface area contributed by atoms with Crippen molar-refractivity contribution in [2.24, 2.45) is 0 Å². The molecule has 0 aliphatic heterocycles. The largest absolute Gasteiger partial charge is 0.382 e. The highest BCUT2D eigenvalue weighted by molar-refractivity contribution is 5.76. The molecule has 16 heavy (non-hydrogen) atoms. The molecule has 0 atom stereocenters. The van der Waals surface area contributed by atoms with Crippen LogP contribution in [0.3, 0.4) is 0 Å². The van der Waals surface area contributed by atoms with Gasteiger partial charge in [0.2, 0.25) is 5.91 Å². The molecule has 0 radical (unpaired) electrons. The first kappa shape index (κ1) is 12.5. The maximum Gasteiger partial charge on any atom is 0.244 e. The van der Waals surface area contributed by atoms with E-state index < -0.39 is 0 Å². The first-order valence-electron chi connectivity index (χ1n) is 5.63. The lowest BCUT2D eigenvalue weighted by molar-refractivity contribution is -0.133. The minimum atomic E-state index is 0.0833. The summed E-state index contributed by atoms with van der Waals surface area (Å²) in [6.07, 6.45) is 2.68. The normalized spacial score (nSPS) is 10.8. The molecule has 1 rings (SSSR count). The lowest BCUT2D eigenvalue weighted by Crippen LogP contribution is -2.39. The fourth-order valence-corrected chi connectivity index (χ4v) is 1.61. The van der Waals surface area contributed by atoms with Crippen molar-refractivity contribution in [3.63, 3.8) is 0 Å². The summed E-state index contributed by atoms with van der Waals surface area (Å²) in [5.41, 5.74) is 5.49. The summed E-state index contributed by atoms with van der Waals surface area (Å²) < 4.78 is 1.57. The van der Waals surface area contributed by atoms with Gasteiger partial charge in [-0.05, 0) is 26.3 Å². The average molecular weight is 224 g/mol. The van der Waals surface area contributed by atoms with Crippen molar-refractivity contribution in [1.82, 2.24) is 14.7 Å². The third-order valence-electron chi connectivity index (χ3n) is 2.37. The molecule has 1 amide bonds. The fourth-order valence-electron chi connectivity index (χ4n) is 1.61. The molecular formula is C11H20N4O. The molecule has 90 valence electrons. The molecule has 0 bridgehead atoms. The second-order valence-corrected chi connectivity index (χ2v) is 4.12. The van der Waals surface area contributed by atoms with E-state index in [0.717, 1.165) is 13.0 Å². The third-order valence-corrected chi connectivity index (χ3v) is 2.37. The smallest absolute Gasteiger partial charge is 0.244 e. The lowest BCUT2D eigenvalue weighted by Gasteiger charge is -2.26. The van der Waals surface area contributed by atoms with Crippen LogP contribution in [0.15, 0.2) is 12.3 Å². The monoisotopic (exact) mass is 224 g/mol. The van der Waals surface area contributed by atoms with Crippen LogP contribution in [-0.4, -0.2) is 33.2 Å². The molecule has 5 nitrogen and oxygen atoms in total. The molecule has 0 aromatic carbocycles. The first-order valence-corrected chi connectivity index (χ1v) is 5.63. The number of hydrogen-bond acceptors (Lipinski definition) is 3. The van der Waals surface area contributed by atoms with Gasteiger partial charge in [0.05, 0.1) is 0 Å². The Hall–Kier alpha value is -1.52. The Morgan fingerprint density at radius 3 is 2.75 bits per heavy atom. The van der Waals surface area contributed by atoms with Gasteiger partial charge in [0.15, 0.2) is 0 Å². The highest BCUT2D eigenvalue weighted by atomic mass is 16.2. The summed E-state index contributed by atoms with van der Waals surface area (Å²) in [4.78, 5) is 13.8. The third kappa shape index (κ3) is 3.25. The minimum Gasteiger partial charge on any atom is -0.382 e. The van der Waals surface area contributed by atoms with Gasteiger partial charge >= 0.3 is 0 Å². The maximum absolute atomic E-state index is 12.0. The number of nitrogens with zero attached hydrogens (tertiary/aromatic N) is 3. The van der Waals surface area contributed by atoms with Crippen LogP contribution in [-0.2, 0) is 11.3 Å². The Labute approximate surface area is 96.2 Å². The molecule has 0 unspecified atom stereocenters. The summed E-state index contributed by atoms with van der Waals surface area (Å²) in [5, 5.41) is 4.00. The molecule has 1 heterocycles. The number of anilines is 1. The van der Waals surface area contributed by atoms with E-state index >= 15 is 0 Å². The van der Waals surface area contributed by atoms with E-state index in [2.05, 4.69) is 12.0 Å². The SMILES string of the molecule is CCCN(C(=O)Cn1ccc(N)n1)C(C)C. The molecule has 0 spiro atoms. The number of aromatic nitrogens is 2. The average Bonchev–Trinajstić information content (AvgIpc) is 2.59. The standard InChI is InChI=1S/C11H20N4O/c1-4-6-15(9(2)3)11(16)8-14-7-5-10(12)13-14/h5,7,9H,4,6,8H2,1-3H3,(H2,12,13). The van der Waals surface area contributed by atoms with Crippen LogP contribution < -0.4 is 5.73 Å².